The van der Waals surface area contributed by atoms with Crippen LogP contribution in [0.15, 0.2) is 51.7 Å². The number of benzene rings is 1. The van der Waals surface area contributed by atoms with Crippen LogP contribution in [0.2, 0.25) is 0 Å². The summed E-state index contributed by atoms with van der Waals surface area (Å²) >= 11 is 1.78. The van der Waals surface area contributed by atoms with Gasteiger partial charge in [0.25, 0.3) is 0 Å². The fourth-order valence-corrected chi connectivity index (χ4v) is 3.70. The molecule has 0 bridgehead atoms. The number of guanidine groups is 1. The Morgan fingerprint density at radius 1 is 1.24 bits per heavy atom. The molecule has 0 spiro atoms. The van der Waals surface area contributed by atoms with Crippen molar-refractivity contribution in [3.05, 3.63) is 52.2 Å². The van der Waals surface area contributed by atoms with E-state index in [0.29, 0.717) is 18.4 Å². The van der Waals surface area contributed by atoms with Gasteiger partial charge in [0.2, 0.25) is 10.0 Å². The molecule has 0 radical (unpaired) electrons. The number of nitrogens with two attached hydrogens (primary N) is 1. The number of hydrogen-bond donors (Lipinski definition) is 3. The molecule has 4 N–H and O–H groups in total. The minimum atomic E-state index is -3.65. The molecule has 136 valence electrons. The Morgan fingerprint density at radius 3 is 2.52 bits per heavy atom. The topological polar surface area (TPSA) is 96.6 Å². The van der Waals surface area contributed by atoms with Crippen molar-refractivity contribution in [2.24, 2.45) is 16.0 Å². The smallest absolute Gasteiger partial charge is 0.238 e. The summed E-state index contributed by atoms with van der Waals surface area (Å²) in [5.74, 6) is 1.21. The van der Waals surface area contributed by atoms with Gasteiger partial charge in [-0.2, -0.15) is 0 Å². The zero-order valence-electron chi connectivity index (χ0n) is 14.4. The summed E-state index contributed by atoms with van der Waals surface area (Å²) in [6.07, 6.45) is 1.04. The number of sulfonamides is 1. The molecule has 8 heteroatoms. The molecule has 0 saturated carbocycles. The predicted molar refractivity (Wildman–Crippen MR) is 103 cm³/mol. The van der Waals surface area contributed by atoms with Crippen molar-refractivity contribution < 1.29 is 8.42 Å². The minimum Gasteiger partial charge on any atom is -0.356 e. The Kier molecular flexibility index (Phi) is 6.98. The van der Waals surface area contributed by atoms with Gasteiger partial charge in [0.15, 0.2) is 5.96 Å². The summed E-state index contributed by atoms with van der Waals surface area (Å²) in [5.41, 5.74) is 0.946. The standard InChI is InChI=1S/C17H24N4O2S2/c1-13(10-15-4-3-9-24-15)11-20-17(19-2)21-12-14-5-7-16(8-6-14)25(18,22)23/h3-9,13H,10-12H2,1-2H3,(H2,18,22,23)(H2,19,20,21). The third-order valence-corrected chi connectivity index (χ3v) is 5.51. The van der Waals surface area contributed by atoms with Crippen molar-refractivity contribution in [3.63, 3.8) is 0 Å². The van der Waals surface area contributed by atoms with Crippen molar-refractivity contribution >= 4 is 27.3 Å². The number of hydrogen-bond acceptors (Lipinski definition) is 4. The molecule has 0 amide bonds. The van der Waals surface area contributed by atoms with Crippen molar-refractivity contribution in [1.29, 1.82) is 0 Å². The SMILES string of the molecule is CN=C(NCc1ccc(S(N)(=O)=O)cc1)NCC(C)Cc1cccs1. The van der Waals surface area contributed by atoms with Crippen LogP contribution >= 0.6 is 11.3 Å². The van der Waals surface area contributed by atoms with Crippen molar-refractivity contribution in [1.82, 2.24) is 10.6 Å². The van der Waals surface area contributed by atoms with Gasteiger partial charge in [0, 0.05) is 25.0 Å². The Balaban J connectivity index is 1.80. The first-order valence-corrected chi connectivity index (χ1v) is 10.4. The molecule has 25 heavy (non-hydrogen) atoms. The highest BCUT2D eigenvalue weighted by Crippen LogP contribution is 2.13. The summed E-state index contributed by atoms with van der Waals surface area (Å²) in [5, 5.41) is 13.7. The zero-order valence-corrected chi connectivity index (χ0v) is 16.0. The molecule has 2 aromatic rings. The first-order chi connectivity index (χ1) is 11.9. The van der Waals surface area contributed by atoms with E-state index in [0.717, 1.165) is 18.5 Å². The normalized spacial score (nSPS) is 13.5. The minimum absolute atomic E-state index is 0.112. The Hall–Kier alpha value is -1.90. The van der Waals surface area contributed by atoms with E-state index in [1.807, 2.05) is 0 Å². The van der Waals surface area contributed by atoms with Crippen LogP contribution in [0.3, 0.4) is 0 Å². The largest absolute Gasteiger partial charge is 0.356 e. The number of rotatable bonds is 7. The van der Waals surface area contributed by atoms with Crippen molar-refractivity contribution in [2.45, 2.75) is 24.8 Å². The lowest BCUT2D eigenvalue weighted by Crippen LogP contribution is -2.39. The van der Waals surface area contributed by atoms with Gasteiger partial charge in [-0.05, 0) is 41.5 Å². The van der Waals surface area contributed by atoms with E-state index >= 15 is 0 Å². The second-order valence-electron chi connectivity index (χ2n) is 5.88. The van der Waals surface area contributed by atoms with Crippen LogP contribution in [0.25, 0.3) is 0 Å². The number of thiophene rings is 1. The molecule has 0 aliphatic carbocycles. The number of nitrogens with one attached hydrogen (secondary N) is 2. The van der Waals surface area contributed by atoms with E-state index in [1.54, 1.807) is 30.5 Å². The van der Waals surface area contributed by atoms with Crippen LogP contribution in [0.1, 0.15) is 17.4 Å². The Labute approximate surface area is 153 Å². The van der Waals surface area contributed by atoms with Gasteiger partial charge in [-0.1, -0.05) is 25.1 Å². The molecule has 0 fully saturated rings. The summed E-state index contributed by atoms with van der Waals surface area (Å²) in [6.45, 7) is 3.57. The molecule has 0 saturated heterocycles. The molecule has 1 atom stereocenters. The van der Waals surface area contributed by atoms with E-state index < -0.39 is 10.0 Å². The van der Waals surface area contributed by atoms with Gasteiger partial charge >= 0.3 is 0 Å². The zero-order chi connectivity index (χ0) is 18.3. The number of aliphatic imine (C=N–C) groups is 1. The first-order valence-electron chi connectivity index (χ1n) is 7.97. The summed E-state index contributed by atoms with van der Waals surface area (Å²) in [4.78, 5) is 5.70. The summed E-state index contributed by atoms with van der Waals surface area (Å²) in [7, 11) is -1.93. The van der Waals surface area contributed by atoms with Crippen LogP contribution in [0.5, 0.6) is 0 Å². The Bertz CT molecular complexity index is 785. The van der Waals surface area contributed by atoms with E-state index in [4.69, 9.17) is 5.14 Å². The maximum absolute atomic E-state index is 11.3. The average molecular weight is 381 g/mol. The van der Waals surface area contributed by atoms with Gasteiger partial charge < -0.3 is 10.6 Å². The number of nitrogens with zero attached hydrogens (tertiary/aromatic N) is 1. The van der Waals surface area contributed by atoms with Gasteiger partial charge in [-0.15, -0.1) is 11.3 Å². The summed E-state index contributed by atoms with van der Waals surface area (Å²) in [6, 6.07) is 10.7. The number of primary sulfonamides is 1. The van der Waals surface area contributed by atoms with Crippen molar-refractivity contribution in [3.8, 4) is 0 Å². The van der Waals surface area contributed by atoms with E-state index in [9.17, 15) is 8.42 Å². The molecule has 0 aliphatic heterocycles. The van der Waals surface area contributed by atoms with Gasteiger partial charge in [-0.3, -0.25) is 4.99 Å². The van der Waals surface area contributed by atoms with E-state index in [2.05, 4.69) is 40.1 Å². The molecule has 1 heterocycles. The highest BCUT2D eigenvalue weighted by Gasteiger charge is 2.08. The third-order valence-electron chi connectivity index (χ3n) is 3.68. The van der Waals surface area contributed by atoms with Crippen LogP contribution in [0.4, 0.5) is 0 Å². The van der Waals surface area contributed by atoms with Crippen LogP contribution in [0, 0.1) is 5.92 Å². The second kappa shape index (κ2) is 8.98. The maximum atomic E-state index is 11.3. The molecular formula is C17H24N4O2S2. The Morgan fingerprint density at radius 2 is 1.96 bits per heavy atom. The van der Waals surface area contributed by atoms with E-state index in [1.165, 1.54) is 17.0 Å². The molecular weight excluding hydrogens is 356 g/mol. The fourth-order valence-electron chi connectivity index (χ4n) is 2.32. The molecule has 1 unspecified atom stereocenters. The average Bonchev–Trinajstić information content (AvgIpc) is 3.07. The quantitative estimate of drug-likeness (QED) is 0.505. The van der Waals surface area contributed by atoms with Crippen LogP contribution in [-0.4, -0.2) is 28.0 Å². The van der Waals surface area contributed by atoms with Gasteiger partial charge in [0.05, 0.1) is 4.90 Å². The van der Waals surface area contributed by atoms with Gasteiger partial charge in [-0.25, -0.2) is 13.6 Å². The summed E-state index contributed by atoms with van der Waals surface area (Å²) < 4.78 is 22.5. The molecule has 6 nitrogen and oxygen atoms in total. The maximum Gasteiger partial charge on any atom is 0.238 e. The van der Waals surface area contributed by atoms with Crippen molar-refractivity contribution in [2.75, 3.05) is 13.6 Å². The lowest BCUT2D eigenvalue weighted by Gasteiger charge is -2.15. The third kappa shape index (κ3) is 6.49. The predicted octanol–water partition coefficient (Wildman–Crippen LogP) is 1.94. The second-order valence-corrected chi connectivity index (χ2v) is 8.48. The molecule has 1 aromatic heterocycles. The molecule has 0 aliphatic rings. The van der Waals surface area contributed by atoms with E-state index in [-0.39, 0.29) is 4.90 Å². The molecule has 1 aromatic carbocycles. The highest BCUT2D eigenvalue weighted by atomic mass is 32.2. The fraction of sp³-hybridized carbons (Fsp3) is 0.353. The monoisotopic (exact) mass is 380 g/mol. The van der Waals surface area contributed by atoms with Crippen LogP contribution in [-0.2, 0) is 23.0 Å². The highest BCUT2D eigenvalue weighted by molar-refractivity contribution is 7.89. The lowest BCUT2D eigenvalue weighted by atomic mass is 10.1. The van der Waals surface area contributed by atoms with Gasteiger partial charge in [0.1, 0.15) is 0 Å². The lowest BCUT2D eigenvalue weighted by molar-refractivity contribution is 0.562. The molecule has 2 rings (SSSR count). The van der Waals surface area contributed by atoms with Crippen LogP contribution < -0.4 is 15.8 Å². The first kappa shape index (κ1) is 19.4.